The molecule has 3 rings (SSSR count). The second kappa shape index (κ2) is 6.76. The summed E-state index contributed by atoms with van der Waals surface area (Å²) in [7, 11) is 0. The van der Waals surface area contributed by atoms with E-state index in [1.807, 2.05) is 12.3 Å². The standard InChI is InChI=1S/C16H15ClN2O3S/c1-3-21-14(20)7-13-11-8-18-16(23-2)19-15(11)10-6-9(17)4-5-12(10)22-13/h4-6,8,13H,3,7H2,1-2H3. The van der Waals surface area contributed by atoms with Crippen molar-refractivity contribution < 1.29 is 14.3 Å². The number of ether oxygens (including phenoxy) is 2. The van der Waals surface area contributed by atoms with Gasteiger partial charge in [-0.3, -0.25) is 4.79 Å². The van der Waals surface area contributed by atoms with Gasteiger partial charge in [-0.1, -0.05) is 23.4 Å². The van der Waals surface area contributed by atoms with Crippen LogP contribution in [0.4, 0.5) is 0 Å². The van der Waals surface area contributed by atoms with Crippen LogP contribution in [-0.4, -0.2) is 28.8 Å². The number of fused-ring (bicyclic) bond motifs is 3. The average Bonchev–Trinajstić information content (AvgIpc) is 2.55. The number of halogens is 1. The van der Waals surface area contributed by atoms with Crippen LogP contribution in [0.1, 0.15) is 25.0 Å². The number of benzene rings is 1. The predicted octanol–water partition coefficient (Wildman–Crippen LogP) is 3.91. The summed E-state index contributed by atoms with van der Waals surface area (Å²) in [5.41, 5.74) is 2.33. The molecular weight excluding hydrogens is 336 g/mol. The summed E-state index contributed by atoms with van der Waals surface area (Å²) in [6, 6.07) is 5.36. The molecule has 7 heteroatoms. The molecule has 0 saturated carbocycles. The predicted molar refractivity (Wildman–Crippen MR) is 88.9 cm³/mol. The van der Waals surface area contributed by atoms with Gasteiger partial charge in [-0.05, 0) is 31.4 Å². The summed E-state index contributed by atoms with van der Waals surface area (Å²) in [5, 5.41) is 1.26. The van der Waals surface area contributed by atoms with Gasteiger partial charge in [0.1, 0.15) is 11.9 Å². The first kappa shape index (κ1) is 16.1. The molecule has 2 aromatic rings. The van der Waals surface area contributed by atoms with Crippen LogP contribution in [0.25, 0.3) is 11.3 Å². The van der Waals surface area contributed by atoms with E-state index < -0.39 is 6.10 Å². The van der Waals surface area contributed by atoms with Crippen LogP contribution in [0.5, 0.6) is 5.75 Å². The molecule has 0 saturated heterocycles. The third-order valence-corrected chi connectivity index (χ3v) is 4.24. The maximum absolute atomic E-state index is 11.8. The van der Waals surface area contributed by atoms with Gasteiger partial charge in [-0.25, -0.2) is 9.97 Å². The maximum atomic E-state index is 11.8. The molecule has 1 aliphatic rings. The summed E-state index contributed by atoms with van der Waals surface area (Å²) < 4.78 is 11.0. The Morgan fingerprint density at radius 2 is 2.30 bits per heavy atom. The Morgan fingerprint density at radius 1 is 1.48 bits per heavy atom. The molecule has 1 atom stereocenters. The third kappa shape index (κ3) is 3.28. The average molecular weight is 351 g/mol. The van der Waals surface area contributed by atoms with Crippen LogP contribution in [-0.2, 0) is 9.53 Å². The van der Waals surface area contributed by atoms with Crippen LogP contribution >= 0.6 is 23.4 Å². The highest BCUT2D eigenvalue weighted by molar-refractivity contribution is 7.98. The van der Waals surface area contributed by atoms with Crippen LogP contribution < -0.4 is 4.74 Å². The number of aromatic nitrogens is 2. The van der Waals surface area contributed by atoms with E-state index in [4.69, 9.17) is 21.1 Å². The van der Waals surface area contributed by atoms with E-state index in [0.29, 0.717) is 22.5 Å². The highest BCUT2D eigenvalue weighted by Crippen LogP contribution is 2.43. The second-order valence-corrected chi connectivity index (χ2v) is 6.13. The lowest BCUT2D eigenvalue weighted by molar-refractivity contribution is -0.145. The Labute approximate surface area is 143 Å². The molecule has 5 nitrogen and oxygen atoms in total. The number of esters is 1. The second-order valence-electron chi connectivity index (χ2n) is 4.92. The fourth-order valence-electron chi connectivity index (χ4n) is 2.45. The van der Waals surface area contributed by atoms with Gasteiger partial charge in [-0.2, -0.15) is 0 Å². The summed E-state index contributed by atoms with van der Waals surface area (Å²) >= 11 is 7.56. The minimum atomic E-state index is -0.464. The molecule has 1 unspecified atom stereocenters. The van der Waals surface area contributed by atoms with Gasteiger partial charge in [0.05, 0.1) is 18.7 Å². The highest BCUT2D eigenvalue weighted by atomic mass is 35.5. The zero-order chi connectivity index (χ0) is 16.4. The van der Waals surface area contributed by atoms with Crippen LogP contribution in [0.15, 0.2) is 29.6 Å². The van der Waals surface area contributed by atoms with E-state index in [2.05, 4.69) is 9.97 Å². The van der Waals surface area contributed by atoms with Crippen molar-refractivity contribution in [1.29, 1.82) is 0 Å². The van der Waals surface area contributed by atoms with Crippen molar-refractivity contribution in [3.05, 3.63) is 35.0 Å². The molecule has 120 valence electrons. The molecule has 1 aromatic carbocycles. The smallest absolute Gasteiger partial charge is 0.309 e. The molecule has 1 aromatic heterocycles. The van der Waals surface area contributed by atoms with Crippen LogP contribution in [0.2, 0.25) is 5.02 Å². The van der Waals surface area contributed by atoms with Crippen molar-refractivity contribution in [2.24, 2.45) is 0 Å². The Hall–Kier alpha value is -1.79. The van der Waals surface area contributed by atoms with Crippen molar-refractivity contribution in [3.63, 3.8) is 0 Å². The normalized spacial score (nSPS) is 15.3. The van der Waals surface area contributed by atoms with Crippen molar-refractivity contribution in [2.75, 3.05) is 12.9 Å². The lowest BCUT2D eigenvalue weighted by Gasteiger charge is -2.27. The van der Waals surface area contributed by atoms with Crippen molar-refractivity contribution >= 4 is 29.3 Å². The molecule has 0 fully saturated rings. The zero-order valence-electron chi connectivity index (χ0n) is 12.7. The molecule has 0 spiro atoms. The summed E-state index contributed by atoms with van der Waals surface area (Å²) in [5.74, 6) is 0.344. The van der Waals surface area contributed by atoms with Crippen molar-refractivity contribution in [1.82, 2.24) is 9.97 Å². The van der Waals surface area contributed by atoms with E-state index in [9.17, 15) is 4.79 Å². The zero-order valence-corrected chi connectivity index (χ0v) is 14.3. The molecule has 0 N–H and O–H groups in total. The number of thioether (sulfide) groups is 1. The lowest BCUT2D eigenvalue weighted by atomic mass is 9.97. The van der Waals surface area contributed by atoms with Crippen LogP contribution in [0.3, 0.4) is 0 Å². The van der Waals surface area contributed by atoms with E-state index in [0.717, 1.165) is 16.8 Å². The first-order valence-corrected chi connectivity index (χ1v) is 8.75. The van der Waals surface area contributed by atoms with E-state index in [-0.39, 0.29) is 12.4 Å². The SMILES string of the molecule is CCOC(=O)CC1Oc2ccc(Cl)cc2-c2nc(SC)ncc21. The number of rotatable bonds is 4. The van der Waals surface area contributed by atoms with Gasteiger partial charge in [0.25, 0.3) is 0 Å². The third-order valence-electron chi connectivity index (χ3n) is 3.45. The number of carbonyl (C=O) groups excluding carboxylic acids is 1. The monoisotopic (exact) mass is 350 g/mol. The maximum Gasteiger partial charge on any atom is 0.309 e. The lowest BCUT2D eigenvalue weighted by Crippen LogP contribution is -2.20. The molecule has 1 aliphatic heterocycles. The van der Waals surface area contributed by atoms with Gasteiger partial charge < -0.3 is 9.47 Å². The number of carbonyl (C=O) groups is 1. The molecule has 0 aliphatic carbocycles. The van der Waals surface area contributed by atoms with E-state index >= 15 is 0 Å². The molecular formula is C16H15ClN2O3S. The van der Waals surface area contributed by atoms with Gasteiger partial charge in [-0.15, -0.1) is 0 Å². The van der Waals surface area contributed by atoms with Gasteiger partial charge in [0.2, 0.25) is 0 Å². The number of hydrogen-bond donors (Lipinski definition) is 0. The summed E-state index contributed by atoms with van der Waals surface area (Å²) in [4.78, 5) is 20.7. The Kier molecular flexibility index (Phi) is 4.73. The fraction of sp³-hybridized carbons (Fsp3) is 0.312. The first-order valence-electron chi connectivity index (χ1n) is 7.15. The number of nitrogens with zero attached hydrogens (tertiary/aromatic N) is 2. The molecule has 2 heterocycles. The highest BCUT2D eigenvalue weighted by Gasteiger charge is 2.30. The van der Waals surface area contributed by atoms with E-state index in [1.165, 1.54) is 11.8 Å². The fourth-order valence-corrected chi connectivity index (χ4v) is 2.97. The Morgan fingerprint density at radius 3 is 3.04 bits per heavy atom. The molecule has 0 bridgehead atoms. The van der Waals surface area contributed by atoms with E-state index in [1.54, 1.807) is 25.3 Å². The summed E-state index contributed by atoms with van der Waals surface area (Å²) in [6.07, 6.45) is 3.27. The Balaban J connectivity index is 2.05. The number of hydrogen-bond acceptors (Lipinski definition) is 6. The van der Waals surface area contributed by atoms with Crippen molar-refractivity contribution in [3.8, 4) is 17.0 Å². The summed E-state index contributed by atoms with van der Waals surface area (Å²) in [6.45, 7) is 2.12. The van der Waals surface area contributed by atoms with Gasteiger partial charge >= 0.3 is 5.97 Å². The quantitative estimate of drug-likeness (QED) is 0.473. The van der Waals surface area contributed by atoms with Crippen molar-refractivity contribution in [2.45, 2.75) is 24.6 Å². The largest absolute Gasteiger partial charge is 0.484 e. The van der Waals surface area contributed by atoms with Crippen LogP contribution in [0, 0.1) is 0 Å². The van der Waals surface area contributed by atoms with Gasteiger partial charge in [0.15, 0.2) is 5.16 Å². The Bertz CT molecular complexity index is 754. The minimum Gasteiger partial charge on any atom is -0.484 e. The van der Waals surface area contributed by atoms with Gasteiger partial charge in [0, 0.05) is 22.3 Å². The first-order chi connectivity index (χ1) is 11.1. The molecule has 0 radical (unpaired) electrons. The topological polar surface area (TPSA) is 61.3 Å². The minimum absolute atomic E-state index is 0.116. The molecule has 0 amide bonds. The molecule has 23 heavy (non-hydrogen) atoms.